The third kappa shape index (κ3) is 5.91. The second kappa shape index (κ2) is 11.8. The van der Waals surface area contributed by atoms with Crippen LogP contribution in [0.5, 0.6) is 5.75 Å². The molecule has 0 saturated carbocycles. The first kappa shape index (κ1) is 26.0. The highest BCUT2D eigenvalue weighted by Gasteiger charge is 2.16. The molecule has 0 radical (unpaired) electrons. The van der Waals surface area contributed by atoms with E-state index in [0.717, 1.165) is 28.0 Å². The summed E-state index contributed by atoms with van der Waals surface area (Å²) >= 11 is 8.64. The summed E-state index contributed by atoms with van der Waals surface area (Å²) in [6, 6.07) is 19.7. The van der Waals surface area contributed by atoms with Crippen molar-refractivity contribution >= 4 is 56.5 Å². The predicted molar refractivity (Wildman–Crippen MR) is 155 cm³/mol. The molecule has 1 amide bonds. The Labute approximate surface area is 233 Å². The van der Waals surface area contributed by atoms with Crippen LogP contribution < -0.4 is 10.1 Å². The van der Waals surface area contributed by atoms with Gasteiger partial charge < -0.3 is 10.1 Å². The van der Waals surface area contributed by atoms with Gasteiger partial charge in [0.05, 0.1) is 11.4 Å². The minimum absolute atomic E-state index is 0.162. The number of aromatic nitrogens is 4. The number of carbonyl (C=O) groups excluding carboxylic acids is 1. The van der Waals surface area contributed by atoms with Crippen molar-refractivity contribution in [1.82, 2.24) is 19.7 Å². The van der Waals surface area contributed by atoms with Crippen molar-refractivity contribution in [3.8, 4) is 17.0 Å². The van der Waals surface area contributed by atoms with Crippen molar-refractivity contribution in [2.24, 2.45) is 0 Å². The number of anilines is 1. The van der Waals surface area contributed by atoms with Crippen LogP contribution in [0.15, 0.2) is 83.9 Å². The van der Waals surface area contributed by atoms with Gasteiger partial charge in [0.1, 0.15) is 12.4 Å². The van der Waals surface area contributed by atoms with Crippen LogP contribution >= 0.6 is 34.7 Å². The summed E-state index contributed by atoms with van der Waals surface area (Å²) in [4.78, 5) is 17.1. The van der Waals surface area contributed by atoms with Crippen LogP contribution in [0, 0.1) is 6.92 Å². The molecule has 0 aliphatic carbocycles. The van der Waals surface area contributed by atoms with Gasteiger partial charge in [-0.3, -0.25) is 9.36 Å². The monoisotopic (exact) mass is 561 g/mol. The third-order valence-corrected chi connectivity index (χ3v) is 7.81. The summed E-state index contributed by atoms with van der Waals surface area (Å²) in [5, 5.41) is 17.5. The number of nitrogens with one attached hydrogen (secondary N) is 1. The molecular formula is C28H24ClN5O2S2. The van der Waals surface area contributed by atoms with Crippen LogP contribution in [-0.2, 0) is 17.9 Å². The molecule has 192 valence electrons. The van der Waals surface area contributed by atoms with Crippen LogP contribution in [0.3, 0.4) is 0 Å². The van der Waals surface area contributed by atoms with Gasteiger partial charge in [-0.1, -0.05) is 71.9 Å². The van der Waals surface area contributed by atoms with E-state index in [0.29, 0.717) is 27.7 Å². The van der Waals surface area contributed by atoms with E-state index in [1.807, 2.05) is 65.4 Å². The molecule has 0 spiro atoms. The molecule has 38 heavy (non-hydrogen) atoms. The average Bonchev–Trinajstić information content (AvgIpc) is 3.55. The minimum Gasteiger partial charge on any atom is -0.485 e. The maximum atomic E-state index is 12.6. The molecule has 0 bridgehead atoms. The average molecular weight is 562 g/mol. The second-order valence-electron chi connectivity index (χ2n) is 8.38. The first-order valence-electron chi connectivity index (χ1n) is 11.8. The molecule has 5 aromatic rings. The number of benzene rings is 3. The van der Waals surface area contributed by atoms with Gasteiger partial charge in [0.15, 0.2) is 16.1 Å². The van der Waals surface area contributed by atoms with Crippen LogP contribution in [0.4, 0.5) is 5.13 Å². The summed E-state index contributed by atoms with van der Waals surface area (Å²) < 4.78 is 8.03. The van der Waals surface area contributed by atoms with Gasteiger partial charge in [-0.25, -0.2) is 4.98 Å². The maximum absolute atomic E-state index is 12.6. The number of halogens is 1. The highest BCUT2D eigenvalue weighted by molar-refractivity contribution is 7.99. The van der Waals surface area contributed by atoms with Crippen molar-refractivity contribution in [3.63, 3.8) is 0 Å². The molecule has 7 nitrogen and oxygen atoms in total. The number of amides is 1. The fourth-order valence-corrected chi connectivity index (χ4v) is 5.55. The molecular weight excluding hydrogens is 538 g/mol. The third-order valence-electron chi connectivity index (χ3n) is 5.83. The Balaban J connectivity index is 1.21. The first-order valence-corrected chi connectivity index (χ1v) is 14.0. The lowest BCUT2D eigenvalue weighted by atomic mass is 10.0. The van der Waals surface area contributed by atoms with E-state index in [1.165, 1.54) is 28.5 Å². The van der Waals surface area contributed by atoms with E-state index in [2.05, 4.69) is 39.2 Å². The zero-order valence-corrected chi connectivity index (χ0v) is 22.9. The quantitative estimate of drug-likeness (QED) is 0.146. The van der Waals surface area contributed by atoms with Gasteiger partial charge in [-0.2, -0.15) is 0 Å². The Morgan fingerprint density at radius 3 is 2.79 bits per heavy atom. The number of nitrogens with zero attached hydrogens (tertiary/aromatic N) is 4. The lowest BCUT2D eigenvalue weighted by Gasteiger charge is -2.12. The van der Waals surface area contributed by atoms with Gasteiger partial charge in [0.2, 0.25) is 5.91 Å². The number of carbonyl (C=O) groups is 1. The number of allylic oxidation sites excluding steroid dienone is 1. The van der Waals surface area contributed by atoms with Gasteiger partial charge in [0, 0.05) is 22.5 Å². The topological polar surface area (TPSA) is 81.9 Å². The molecule has 2 heterocycles. The molecule has 3 aromatic carbocycles. The number of hydrogen-bond donors (Lipinski definition) is 1. The molecule has 1 N–H and O–H groups in total. The number of thioether (sulfide) groups is 1. The Morgan fingerprint density at radius 1 is 1.16 bits per heavy atom. The van der Waals surface area contributed by atoms with E-state index in [1.54, 1.807) is 6.08 Å². The fraction of sp³-hybridized carbons (Fsp3) is 0.143. The van der Waals surface area contributed by atoms with Crippen LogP contribution in [-0.4, -0.2) is 31.4 Å². The molecule has 5 rings (SSSR count). The molecule has 0 unspecified atom stereocenters. The fourth-order valence-electron chi connectivity index (χ4n) is 3.92. The summed E-state index contributed by atoms with van der Waals surface area (Å²) in [5.74, 6) is 1.44. The highest BCUT2D eigenvalue weighted by atomic mass is 35.5. The van der Waals surface area contributed by atoms with Crippen molar-refractivity contribution in [3.05, 3.63) is 95.1 Å². The summed E-state index contributed by atoms with van der Waals surface area (Å²) in [7, 11) is 0. The Hall–Kier alpha value is -3.66. The summed E-state index contributed by atoms with van der Waals surface area (Å²) in [6.45, 7) is 6.65. The van der Waals surface area contributed by atoms with Crippen molar-refractivity contribution in [2.75, 3.05) is 11.1 Å². The normalized spacial score (nSPS) is 11.0. The van der Waals surface area contributed by atoms with E-state index in [9.17, 15) is 4.79 Å². The van der Waals surface area contributed by atoms with Gasteiger partial charge in [0.25, 0.3) is 0 Å². The molecule has 0 saturated heterocycles. The smallest absolute Gasteiger partial charge is 0.236 e. The van der Waals surface area contributed by atoms with E-state index in [-0.39, 0.29) is 18.3 Å². The number of hydrogen-bond acceptors (Lipinski definition) is 7. The van der Waals surface area contributed by atoms with E-state index < -0.39 is 0 Å². The molecule has 0 aliphatic heterocycles. The number of aryl methyl sites for hydroxylation is 1. The zero-order chi connectivity index (χ0) is 26.5. The van der Waals surface area contributed by atoms with Crippen LogP contribution in [0.1, 0.15) is 11.4 Å². The summed E-state index contributed by atoms with van der Waals surface area (Å²) in [5.41, 5.74) is 2.80. The number of rotatable bonds is 10. The second-order valence-corrected chi connectivity index (χ2v) is 10.6. The van der Waals surface area contributed by atoms with Gasteiger partial charge in [-0.05, 0) is 41.5 Å². The first-order chi connectivity index (χ1) is 18.5. The van der Waals surface area contributed by atoms with Crippen molar-refractivity contribution < 1.29 is 9.53 Å². The molecule has 10 heteroatoms. The Kier molecular flexibility index (Phi) is 8.07. The van der Waals surface area contributed by atoms with Crippen LogP contribution in [0.25, 0.3) is 22.0 Å². The lowest BCUT2D eigenvalue weighted by Crippen LogP contribution is -2.15. The zero-order valence-electron chi connectivity index (χ0n) is 20.6. The molecule has 0 atom stereocenters. The predicted octanol–water partition coefficient (Wildman–Crippen LogP) is 7.01. The SMILES string of the molecule is C=CCn1c(COc2ccc3ccccc3c2C)nnc1SCC(=O)Nc1nc(-c2ccc(Cl)cc2)cs1. The van der Waals surface area contributed by atoms with Crippen molar-refractivity contribution in [1.29, 1.82) is 0 Å². The molecule has 2 aromatic heterocycles. The number of fused-ring (bicyclic) bond motifs is 1. The van der Waals surface area contributed by atoms with Crippen LogP contribution in [0.2, 0.25) is 5.02 Å². The van der Waals surface area contributed by atoms with Crippen molar-refractivity contribution in [2.45, 2.75) is 25.2 Å². The lowest BCUT2D eigenvalue weighted by molar-refractivity contribution is -0.113. The van der Waals surface area contributed by atoms with Gasteiger partial charge >= 0.3 is 0 Å². The molecule has 0 fully saturated rings. The summed E-state index contributed by atoms with van der Waals surface area (Å²) in [6.07, 6.45) is 1.77. The Morgan fingerprint density at radius 2 is 1.97 bits per heavy atom. The highest BCUT2D eigenvalue weighted by Crippen LogP contribution is 2.29. The number of ether oxygens (including phenoxy) is 1. The standard InChI is InChI=1S/C28H24ClN5O2S2/c1-3-14-34-25(15-36-24-13-10-19-6-4-5-7-22(19)18(24)2)32-33-28(34)38-17-26(35)31-27-30-23(16-37-27)20-8-11-21(29)12-9-20/h3-13,16H,1,14-15,17H2,2H3,(H,30,31,35). The Bertz CT molecular complexity index is 1600. The van der Waals surface area contributed by atoms with Gasteiger partial charge in [-0.15, -0.1) is 28.1 Å². The minimum atomic E-state index is -0.176. The van der Waals surface area contributed by atoms with E-state index >= 15 is 0 Å². The maximum Gasteiger partial charge on any atom is 0.236 e. The number of thiazole rings is 1. The molecule has 0 aliphatic rings. The largest absolute Gasteiger partial charge is 0.485 e. The van der Waals surface area contributed by atoms with E-state index in [4.69, 9.17) is 16.3 Å².